The Labute approximate surface area is 136 Å². The lowest BCUT2D eigenvalue weighted by Crippen LogP contribution is -2.33. The second kappa shape index (κ2) is 9.11. The highest BCUT2D eigenvalue weighted by Crippen LogP contribution is 2.28. The van der Waals surface area contributed by atoms with Gasteiger partial charge < -0.3 is 15.2 Å². The van der Waals surface area contributed by atoms with E-state index < -0.39 is 11.4 Å². The van der Waals surface area contributed by atoms with Gasteiger partial charge in [0.15, 0.2) is 6.61 Å². The Balaban J connectivity index is 2.82. The number of benzene rings is 1. The largest absolute Gasteiger partial charge is 0.476 e. The zero-order chi connectivity index (χ0) is 17.3. The Bertz CT molecular complexity index is 563. The normalized spacial score (nSPS) is 10.9. The summed E-state index contributed by atoms with van der Waals surface area (Å²) in [5, 5.41) is 21.7. The number of carbonyl (C=O) groups is 1. The van der Waals surface area contributed by atoms with Gasteiger partial charge in [-0.2, -0.15) is 5.26 Å². The summed E-state index contributed by atoms with van der Waals surface area (Å²) in [6.07, 6.45) is 2.59. The van der Waals surface area contributed by atoms with Gasteiger partial charge >= 0.3 is 0 Å². The number of ether oxygens (including phenoxy) is 1. The van der Waals surface area contributed by atoms with Crippen LogP contribution in [0, 0.1) is 17.1 Å². The van der Waals surface area contributed by atoms with Crippen molar-refractivity contribution in [3.63, 3.8) is 0 Å². The maximum atomic E-state index is 13.3. The monoisotopic (exact) mass is 322 g/mol. The van der Waals surface area contributed by atoms with Gasteiger partial charge in [-0.3, -0.25) is 4.79 Å². The highest BCUT2D eigenvalue weighted by Gasteiger charge is 2.28. The van der Waals surface area contributed by atoms with Gasteiger partial charge in [0, 0.05) is 6.07 Å². The first kappa shape index (κ1) is 18.9. The molecule has 2 N–H and O–H groups in total. The Morgan fingerprint density at radius 2 is 2.04 bits per heavy atom. The molecule has 1 rings (SSSR count). The molecule has 0 atom stereocenters. The summed E-state index contributed by atoms with van der Waals surface area (Å²) < 4.78 is 18.4. The van der Waals surface area contributed by atoms with Crippen LogP contribution in [-0.2, 0) is 4.79 Å². The van der Waals surface area contributed by atoms with E-state index in [2.05, 4.69) is 5.32 Å². The van der Waals surface area contributed by atoms with Gasteiger partial charge in [0.1, 0.15) is 17.6 Å². The fraction of sp³-hybridized carbons (Fsp3) is 0.529. The van der Waals surface area contributed by atoms with Gasteiger partial charge in [-0.1, -0.05) is 26.7 Å². The second-order valence-electron chi connectivity index (χ2n) is 5.54. The average molecular weight is 322 g/mol. The van der Waals surface area contributed by atoms with Crippen molar-refractivity contribution in [2.24, 2.45) is 0 Å². The van der Waals surface area contributed by atoms with Crippen LogP contribution in [0.3, 0.4) is 0 Å². The van der Waals surface area contributed by atoms with E-state index in [-0.39, 0.29) is 30.4 Å². The van der Waals surface area contributed by atoms with E-state index in [4.69, 9.17) is 10.00 Å². The predicted molar refractivity (Wildman–Crippen MR) is 85.5 cm³/mol. The molecule has 0 aliphatic rings. The van der Waals surface area contributed by atoms with Crippen molar-refractivity contribution in [2.75, 3.05) is 11.9 Å². The van der Waals surface area contributed by atoms with Crippen LogP contribution in [0.2, 0.25) is 0 Å². The van der Waals surface area contributed by atoms with Crippen molar-refractivity contribution in [3.05, 3.63) is 24.0 Å². The van der Waals surface area contributed by atoms with Crippen LogP contribution in [0.15, 0.2) is 18.2 Å². The molecule has 1 aromatic carbocycles. The summed E-state index contributed by atoms with van der Waals surface area (Å²) in [6, 6.07) is 5.47. The van der Waals surface area contributed by atoms with E-state index >= 15 is 0 Å². The molecule has 0 aromatic heterocycles. The molecule has 126 valence electrons. The first-order chi connectivity index (χ1) is 10.9. The van der Waals surface area contributed by atoms with Crippen LogP contribution in [-0.4, -0.2) is 23.2 Å². The highest BCUT2D eigenvalue weighted by atomic mass is 19.1. The molecule has 1 aromatic rings. The standard InChI is InChI=1S/C17H23FN2O3/c1-3-7-17(22,8-4-2)12-16(21)20-14-6-5-13(18)11-15(14)23-10-9-19/h5-6,11,22H,3-4,7-8,10,12H2,1-2H3,(H,20,21). The minimum atomic E-state index is -1.04. The lowest BCUT2D eigenvalue weighted by molar-refractivity contribution is -0.121. The van der Waals surface area contributed by atoms with Gasteiger partial charge in [0.05, 0.1) is 17.7 Å². The Morgan fingerprint density at radius 1 is 1.39 bits per heavy atom. The number of hydrogen-bond acceptors (Lipinski definition) is 4. The smallest absolute Gasteiger partial charge is 0.227 e. The number of carbonyl (C=O) groups excluding carboxylic acids is 1. The Hall–Kier alpha value is -2.13. The first-order valence-corrected chi connectivity index (χ1v) is 7.75. The number of nitrogens with zero attached hydrogens (tertiary/aromatic N) is 1. The SMILES string of the molecule is CCCC(O)(CCC)CC(=O)Nc1ccc(F)cc1OCC#N. The molecular formula is C17H23FN2O3. The maximum Gasteiger partial charge on any atom is 0.227 e. The van der Waals surface area contributed by atoms with Crippen molar-refractivity contribution in [1.29, 1.82) is 5.26 Å². The molecule has 6 heteroatoms. The number of nitrogens with one attached hydrogen (secondary N) is 1. The summed E-state index contributed by atoms with van der Waals surface area (Å²) in [5.41, 5.74) is -0.761. The van der Waals surface area contributed by atoms with Crippen LogP contribution in [0.4, 0.5) is 10.1 Å². The molecule has 0 aliphatic heterocycles. The van der Waals surface area contributed by atoms with Crippen molar-refractivity contribution in [2.45, 2.75) is 51.6 Å². The molecule has 0 saturated carbocycles. The zero-order valence-corrected chi connectivity index (χ0v) is 13.6. The molecule has 0 bridgehead atoms. The number of aliphatic hydroxyl groups is 1. The van der Waals surface area contributed by atoms with Gasteiger partial charge in [0.2, 0.25) is 5.91 Å². The van der Waals surface area contributed by atoms with Gasteiger partial charge in [-0.25, -0.2) is 4.39 Å². The van der Waals surface area contributed by atoms with Crippen molar-refractivity contribution < 1.29 is 19.0 Å². The number of rotatable bonds is 9. The number of anilines is 1. The van der Waals surface area contributed by atoms with E-state index in [0.29, 0.717) is 12.8 Å². The number of halogens is 1. The van der Waals surface area contributed by atoms with E-state index in [1.54, 1.807) is 6.07 Å². The third kappa shape index (κ3) is 6.25. The molecule has 0 unspecified atom stereocenters. The number of amides is 1. The van der Waals surface area contributed by atoms with Crippen LogP contribution >= 0.6 is 0 Å². The van der Waals surface area contributed by atoms with Crippen molar-refractivity contribution >= 4 is 11.6 Å². The molecule has 0 saturated heterocycles. The first-order valence-electron chi connectivity index (χ1n) is 7.75. The molecule has 23 heavy (non-hydrogen) atoms. The molecule has 0 aliphatic carbocycles. The van der Waals surface area contributed by atoms with Crippen LogP contribution < -0.4 is 10.1 Å². The summed E-state index contributed by atoms with van der Waals surface area (Å²) >= 11 is 0. The maximum absolute atomic E-state index is 13.3. The summed E-state index contributed by atoms with van der Waals surface area (Å²) in [5.74, 6) is -0.804. The lowest BCUT2D eigenvalue weighted by Gasteiger charge is -2.27. The lowest BCUT2D eigenvalue weighted by atomic mass is 9.89. The molecule has 1 amide bonds. The minimum absolute atomic E-state index is 0.0379. The van der Waals surface area contributed by atoms with Crippen LogP contribution in [0.5, 0.6) is 5.75 Å². The van der Waals surface area contributed by atoms with Gasteiger partial charge in [0.25, 0.3) is 0 Å². The molecule has 0 spiro atoms. The summed E-state index contributed by atoms with van der Waals surface area (Å²) in [7, 11) is 0. The molecular weight excluding hydrogens is 299 g/mol. The molecule has 0 heterocycles. The fourth-order valence-corrected chi connectivity index (χ4v) is 2.55. The highest BCUT2D eigenvalue weighted by molar-refractivity contribution is 5.92. The molecule has 0 radical (unpaired) electrons. The van der Waals surface area contributed by atoms with Gasteiger partial charge in [-0.05, 0) is 25.0 Å². The average Bonchev–Trinajstić information content (AvgIpc) is 2.47. The quantitative estimate of drug-likeness (QED) is 0.730. The topological polar surface area (TPSA) is 82.3 Å². The molecule has 5 nitrogen and oxygen atoms in total. The number of nitriles is 1. The van der Waals surface area contributed by atoms with E-state index in [1.807, 2.05) is 13.8 Å². The Kier molecular flexibility index (Phi) is 7.49. The van der Waals surface area contributed by atoms with Crippen LogP contribution in [0.1, 0.15) is 46.0 Å². The van der Waals surface area contributed by atoms with Crippen molar-refractivity contribution in [3.8, 4) is 11.8 Å². The summed E-state index contributed by atoms with van der Waals surface area (Å²) in [6.45, 7) is 3.65. The zero-order valence-electron chi connectivity index (χ0n) is 13.6. The van der Waals surface area contributed by atoms with Crippen LogP contribution in [0.25, 0.3) is 0 Å². The molecule has 0 fully saturated rings. The summed E-state index contributed by atoms with van der Waals surface area (Å²) in [4.78, 5) is 12.2. The predicted octanol–water partition coefficient (Wildman–Crippen LogP) is 3.39. The second-order valence-corrected chi connectivity index (χ2v) is 5.54. The fourth-order valence-electron chi connectivity index (χ4n) is 2.55. The van der Waals surface area contributed by atoms with Crippen molar-refractivity contribution in [1.82, 2.24) is 0 Å². The third-order valence-corrected chi connectivity index (χ3v) is 3.43. The number of hydrogen-bond donors (Lipinski definition) is 2. The van der Waals surface area contributed by atoms with E-state index in [9.17, 15) is 14.3 Å². The van der Waals surface area contributed by atoms with Gasteiger partial charge in [-0.15, -0.1) is 0 Å². The minimum Gasteiger partial charge on any atom is -0.476 e. The van der Waals surface area contributed by atoms with E-state index in [1.165, 1.54) is 12.1 Å². The van der Waals surface area contributed by atoms with E-state index in [0.717, 1.165) is 18.9 Å². The third-order valence-electron chi connectivity index (χ3n) is 3.43. The Morgan fingerprint density at radius 3 is 2.61 bits per heavy atom.